The quantitative estimate of drug-likeness (QED) is 0.768. The summed E-state index contributed by atoms with van der Waals surface area (Å²) in [5.74, 6) is -1.35. The van der Waals surface area contributed by atoms with E-state index in [1.165, 1.54) is 18.9 Å². The Balaban J connectivity index is 1.76. The number of nitriles is 1. The molecule has 0 aliphatic carbocycles. The number of carbonyl (C=O) groups excluding carboxylic acids is 3. The zero-order chi connectivity index (χ0) is 21.1. The van der Waals surface area contributed by atoms with Crippen molar-refractivity contribution in [1.29, 1.82) is 5.26 Å². The van der Waals surface area contributed by atoms with E-state index in [1.807, 2.05) is 6.07 Å². The Bertz CT molecular complexity index is 1000. The molecule has 1 N–H and O–H groups in total. The van der Waals surface area contributed by atoms with Crippen molar-refractivity contribution in [1.82, 2.24) is 0 Å². The molecule has 2 amide bonds. The summed E-state index contributed by atoms with van der Waals surface area (Å²) in [6, 6.07) is 8.79. The second-order valence-electron chi connectivity index (χ2n) is 6.43. The summed E-state index contributed by atoms with van der Waals surface area (Å²) in [7, 11) is 2.74. The lowest BCUT2D eigenvalue weighted by Gasteiger charge is -2.17. The fourth-order valence-electron chi connectivity index (χ4n) is 3.20. The van der Waals surface area contributed by atoms with Gasteiger partial charge in [0.05, 0.1) is 20.1 Å². The maximum absolute atomic E-state index is 12.7. The zero-order valence-corrected chi connectivity index (χ0v) is 16.1. The molecule has 3 rings (SSSR count). The van der Waals surface area contributed by atoms with Gasteiger partial charge in [0.25, 0.3) is 0 Å². The van der Waals surface area contributed by atoms with Crippen molar-refractivity contribution < 1.29 is 28.3 Å². The first-order valence-corrected chi connectivity index (χ1v) is 8.76. The Hall–Kier alpha value is -3.80. The fraction of sp³-hybridized carbons (Fsp3) is 0.300. The first-order chi connectivity index (χ1) is 13.9. The normalized spacial score (nSPS) is 15.7. The number of carbonyl (C=O) groups is 3. The largest absolute Gasteiger partial charge is 0.497 e. The molecule has 0 bridgehead atoms. The number of methoxy groups -OCH3 is 2. The number of hydrogen-bond acceptors (Lipinski definition) is 7. The highest BCUT2D eigenvalue weighted by molar-refractivity contribution is 6.04. The van der Waals surface area contributed by atoms with Gasteiger partial charge in [-0.15, -0.1) is 0 Å². The summed E-state index contributed by atoms with van der Waals surface area (Å²) < 4.78 is 15.1. The van der Waals surface area contributed by atoms with Crippen LogP contribution in [0.1, 0.15) is 28.1 Å². The predicted octanol–water partition coefficient (Wildman–Crippen LogP) is 2.25. The maximum atomic E-state index is 12.7. The molecule has 1 aromatic carbocycles. The number of ether oxygens (including phenoxy) is 2. The number of furan rings is 1. The van der Waals surface area contributed by atoms with Crippen molar-refractivity contribution in [3.63, 3.8) is 0 Å². The molecule has 1 aliphatic heterocycles. The lowest BCUT2D eigenvalue weighted by molar-refractivity contribution is -0.122. The first kappa shape index (κ1) is 19.9. The molecule has 9 nitrogen and oxygen atoms in total. The van der Waals surface area contributed by atoms with E-state index >= 15 is 0 Å². The summed E-state index contributed by atoms with van der Waals surface area (Å²) in [6.07, 6.45) is 0.0172. The Morgan fingerprint density at radius 1 is 1.28 bits per heavy atom. The molecule has 0 spiro atoms. The highest BCUT2D eigenvalue weighted by atomic mass is 16.5. The molecule has 2 heterocycles. The molecule has 1 atom stereocenters. The van der Waals surface area contributed by atoms with Crippen molar-refractivity contribution in [3.05, 3.63) is 41.2 Å². The van der Waals surface area contributed by atoms with Gasteiger partial charge in [-0.2, -0.15) is 5.26 Å². The van der Waals surface area contributed by atoms with Gasteiger partial charge in [-0.25, -0.2) is 4.79 Å². The van der Waals surface area contributed by atoms with Gasteiger partial charge in [-0.1, -0.05) is 0 Å². The molecule has 150 valence electrons. The van der Waals surface area contributed by atoms with Crippen LogP contribution in [0.3, 0.4) is 0 Å². The number of nitrogens with zero attached hydrogens (tertiary/aromatic N) is 2. The lowest BCUT2D eigenvalue weighted by atomic mass is 10.1. The molecule has 0 radical (unpaired) electrons. The van der Waals surface area contributed by atoms with Gasteiger partial charge in [0.15, 0.2) is 0 Å². The third-order valence-electron chi connectivity index (χ3n) is 4.70. The smallest absolute Gasteiger partial charge is 0.342 e. The topological polar surface area (TPSA) is 122 Å². The minimum absolute atomic E-state index is 0.0172. The minimum atomic E-state index is -0.731. The number of nitrogens with one attached hydrogen (secondary N) is 1. The van der Waals surface area contributed by atoms with Gasteiger partial charge in [0, 0.05) is 18.7 Å². The summed E-state index contributed by atoms with van der Waals surface area (Å²) in [6.45, 7) is 1.68. The average Bonchev–Trinajstić information content (AvgIpc) is 3.26. The van der Waals surface area contributed by atoms with Gasteiger partial charge in [-0.3, -0.25) is 14.9 Å². The fourth-order valence-corrected chi connectivity index (χ4v) is 3.20. The monoisotopic (exact) mass is 397 g/mol. The van der Waals surface area contributed by atoms with E-state index in [0.717, 1.165) is 0 Å². The Morgan fingerprint density at radius 2 is 1.97 bits per heavy atom. The lowest BCUT2D eigenvalue weighted by Crippen LogP contribution is -2.28. The zero-order valence-electron chi connectivity index (χ0n) is 16.1. The van der Waals surface area contributed by atoms with Crippen molar-refractivity contribution in [2.24, 2.45) is 5.92 Å². The Labute approximate surface area is 166 Å². The van der Waals surface area contributed by atoms with E-state index in [9.17, 15) is 19.6 Å². The number of anilines is 2. The summed E-state index contributed by atoms with van der Waals surface area (Å²) in [4.78, 5) is 38.4. The number of rotatable bonds is 5. The van der Waals surface area contributed by atoms with Crippen LogP contribution in [0.25, 0.3) is 0 Å². The molecule has 29 heavy (non-hydrogen) atoms. The van der Waals surface area contributed by atoms with Crippen molar-refractivity contribution in [2.75, 3.05) is 31.0 Å². The maximum Gasteiger partial charge on any atom is 0.342 e. The van der Waals surface area contributed by atoms with Crippen molar-refractivity contribution in [2.45, 2.75) is 13.3 Å². The van der Waals surface area contributed by atoms with Crippen LogP contribution in [0.5, 0.6) is 5.75 Å². The van der Waals surface area contributed by atoms with E-state index in [-0.39, 0.29) is 41.6 Å². The van der Waals surface area contributed by atoms with Crippen molar-refractivity contribution in [3.8, 4) is 11.8 Å². The minimum Gasteiger partial charge on any atom is -0.497 e. The van der Waals surface area contributed by atoms with Gasteiger partial charge in [0.2, 0.25) is 17.7 Å². The molecule has 9 heteroatoms. The number of amides is 2. The third kappa shape index (κ3) is 3.78. The summed E-state index contributed by atoms with van der Waals surface area (Å²) >= 11 is 0. The van der Waals surface area contributed by atoms with Gasteiger partial charge >= 0.3 is 5.97 Å². The summed E-state index contributed by atoms with van der Waals surface area (Å²) in [5, 5.41) is 11.9. The van der Waals surface area contributed by atoms with Crippen LogP contribution in [0.4, 0.5) is 11.6 Å². The molecule has 1 fully saturated rings. The highest BCUT2D eigenvalue weighted by Gasteiger charge is 2.36. The van der Waals surface area contributed by atoms with Crippen LogP contribution in [0, 0.1) is 24.2 Å². The summed E-state index contributed by atoms with van der Waals surface area (Å²) in [5.41, 5.74) is 0.511. The molecule has 1 aromatic heterocycles. The Kier molecular flexibility index (Phi) is 5.54. The van der Waals surface area contributed by atoms with E-state index < -0.39 is 17.8 Å². The SMILES string of the molecule is COC(=O)c1c(C)oc(NC(=O)C2CC(=O)N(c3ccc(OC)cc3)C2)c1C#N. The Morgan fingerprint density at radius 3 is 2.55 bits per heavy atom. The van der Waals surface area contributed by atoms with Crippen LogP contribution < -0.4 is 15.0 Å². The van der Waals surface area contributed by atoms with Crippen LogP contribution in [-0.4, -0.2) is 38.5 Å². The standard InChI is InChI=1S/C20H19N3O6/c1-11-17(20(26)28-3)15(9-21)19(29-11)22-18(25)12-8-16(24)23(10-12)13-4-6-14(27-2)7-5-13/h4-7,12H,8,10H2,1-3H3,(H,22,25). The van der Waals surface area contributed by atoms with E-state index in [1.54, 1.807) is 31.4 Å². The third-order valence-corrected chi connectivity index (χ3v) is 4.70. The van der Waals surface area contributed by atoms with Crippen molar-refractivity contribution >= 4 is 29.4 Å². The van der Waals surface area contributed by atoms with Gasteiger partial charge in [-0.05, 0) is 31.2 Å². The molecule has 1 saturated heterocycles. The van der Waals surface area contributed by atoms with E-state index in [0.29, 0.717) is 11.4 Å². The molecule has 1 unspecified atom stereocenters. The predicted molar refractivity (Wildman–Crippen MR) is 102 cm³/mol. The van der Waals surface area contributed by atoms with Gasteiger partial charge < -0.3 is 18.8 Å². The molecular formula is C20H19N3O6. The number of aryl methyl sites for hydroxylation is 1. The molecule has 1 aliphatic rings. The van der Waals surface area contributed by atoms with E-state index in [4.69, 9.17) is 9.15 Å². The highest BCUT2D eigenvalue weighted by Crippen LogP contribution is 2.30. The van der Waals surface area contributed by atoms with Crippen LogP contribution >= 0.6 is 0 Å². The average molecular weight is 397 g/mol. The van der Waals surface area contributed by atoms with Gasteiger partial charge in [0.1, 0.15) is 28.7 Å². The second kappa shape index (κ2) is 8.06. The van der Waals surface area contributed by atoms with Crippen LogP contribution in [-0.2, 0) is 14.3 Å². The first-order valence-electron chi connectivity index (χ1n) is 8.76. The van der Waals surface area contributed by atoms with Crippen LogP contribution in [0.15, 0.2) is 28.7 Å². The molecule has 0 saturated carbocycles. The van der Waals surface area contributed by atoms with Crippen LogP contribution in [0.2, 0.25) is 0 Å². The second-order valence-corrected chi connectivity index (χ2v) is 6.43. The number of esters is 1. The number of benzene rings is 1. The molecule has 2 aromatic rings. The molecular weight excluding hydrogens is 378 g/mol. The number of hydrogen-bond donors (Lipinski definition) is 1. The van der Waals surface area contributed by atoms with E-state index in [2.05, 4.69) is 10.1 Å².